The SMILES string of the molecule is C[C@@H](N)C(=N)/N=N\Nc1cccc(Cl)c1. The lowest BCUT2D eigenvalue weighted by Crippen LogP contribution is -2.23. The Hall–Kier alpha value is -1.46. The molecule has 6 heteroatoms. The van der Waals surface area contributed by atoms with Crippen LogP contribution in [0, 0.1) is 5.41 Å². The quantitative estimate of drug-likeness (QED) is 0.319. The highest BCUT2D eigenvalue weighted by atomic mass is 35.5. The van der Waals surface area contributed by atoms with E-state index >= 15 is 0 Å². The number of hydrogen-bond donors (Lipinski definition) is 3. The lowest BCUT2D eigenvalue weighted by molar-refractivity contribution is 0.931. The molecule has 0 saturated carbocycles. The molecule has 5 nitrogen and oxygen atoms in total. The van der Waals surface area contributed by atoms with E-state index in [0.717, 1.165) is 0 Å². The highest BCUT2D eigenvalue weighted by molar-refractivity contribution is 6.30. The van der Waals surface area contributed by atoms with Gasteiger partial charge >= 0.3 is 0 Å². The Morgan fingerprint density at radius 1 is 1.60 bits per heavy atom. The molecule has 0 spiro atoms. The fraction of sp³-hybridized carbons (Fsp3) is 0.222. The van der Waals surface area contributed by atoms with Gasteiger partial charge in [-0.05, 0) is 25.1 Å². The van der Waals surface area contributed by atoms with E-state index < -0.39 is 6.04 Å². The summed E-state index contributed by atoms with van der Waals surface area (Å²) in [6.45, 7) is 1.67. The maximum absolute atomic E-state index is 7.30. The van der Waals surface area contributed by atoms with E-state index in [1.807, 2.05) is 0 Å². The van der Waals surface area contributed by atoms with Gasteiger partial charge in [0.2, 0.25) is 0 Å². The molecule has 0 radical (unpaired) electrons. The van der Waals surface area contributed by atoms with Crippen LogP contribution in [-0.2, 0) is 0 Å². The van der Waals surface area contributed by atoms with Crippen LogP contribution in [0.4, 0.5) is 5.69 Å². The molecule has 0 aliphatic rings. The molecule has 15 heavy (non-hydrogen) atoms. The summed E-state index contributed by atoms with van der Waals surface area (Å²) >= 11 is 5.76. The number of amidine groups is 1. The predicted molar refractivity (Wildman–Crippen MR) is 61.3 cm³/mol. The van der Waals surface area contributed by atoms with Gasteiger partial charge in [-0.2, -0.15) is 0 Å². The van der Waals surface area contributed by atoms with Crippen LogP contribution in [0.1, 0.15) is 6.92 Å². The Morgan fingerprint density at radius 2 is 2.33 bits per heavy atom. The zero-order chi connectivity index (χ0) is 11.3. The summed E-state index contributed by atoms with van der Waals surface area (Å²) in [4.78, 5) is 0. The number of rotatable bonds is 3. The minimum atomic E-state index is -0.421. The van der Waals surface area contributed by atoms with Crippen LogP contribution >= 0.6 is 11.6 Å². The van der Waals surface area contributed by atoms with Crippen molar-refractivity contribution in [3.05, 3.63) is 29.3 Å². The lowest BCUT2D eigenvalue weighted by atomic mass is 10.3. The van der Waals surface area contributed by atoms with Crippen molar-refractivity contribution in [1.82, 2.24) is 0 Å². The topological polar surface area (TPSA) is 86.6 Å². The molecule has 1 aromatic rings. The van der Waals surface area contributed by atoms with E-state index in [1.54, 1.807) is 31.2 Å². The molecular weight excluding hydrogens is 214 g/mol. The summed E-state index contributed by atoms with van der Waals surface area (Å²) < 4.78 is 0. The number of nitrogens with one attached hydrogen (secondary N) is 2. The summed E-state index contributed by atoms with van der Waals surface area (Å²) in [7, 11) is 0. The first kappa shape index (κ1) is 11.6. The van der Waals surface area contributed by atoms with Crippen molar-refractivity contribution in [2.45, 2.75) is 13.0 Å². The summed E-state index contributed by atoms with van der Waals surface area (Å²) in [6, 6.07) is 6.62. The van der Waals surface area contributed by atoms with Crippen molar-refractivity contribution in [3.8, 4) is 0 Å². The van der Waals surface area contributed by atoms with E-state index in [0.29, 0.717) is 10.7 Å². The molecule has 1 atom stereocenters. The molecule has 0 fully saturated rings. The van der Waals surface area contributed by atoms with Crippen molar-refractivity contribution in [2.24, 2.45) is 16.1 Å². The maximum Gasteiger partial charge on any atom is 0.161 e. The molecule has 1 aromatic carbocycles. The highest BCUT2D eigenvalue weighted by Crippen LogP contribution is 2.14. The van der Waals surface area contributed by atoms with E-state index in [-0.39, 0.29) is 5.84 Å². The first-order valence-corrected chi connectivity index (χ1v) is 4.73. The highest BCUT2D eigenvalue weighted by Gasteiger charge is 1.99. The molecule has 80 valence electrons. The van der Waals surface area contributed by atoms with Crippen molar-refractivity contribution >= 4 is 23.1 Å². The van der Waals surface area contributed by atoms with Gasteiger partial charge in [0, 0.05) is 5.02 Å². The van der Waals surface area contributed by atoms with Gasteiger partial charge in [0.05, 0.1) is 11.7 Å². The minimum absolute atomic E-state index is 0.0181. The van der Waals surface area contributed by atoms with Gasteiger partial charge in [-0.15, -0.1) is 5.11 Å². The van der Waals surface area contributed by atoms with Crippen molar-refractivity contribution < 1.29 is 0 Å². The van der Waals surface area contributed by atoms with Crippen LogP contribution in [0.5, 0.6) is 0 Å². The zero-order valence-electron chi connectivity index (χ0n) is 8.24. The average Bonchev–Trinajstić information content (AvgIpc) is 2.17. The number of nitrogens with zero attached hydrogens (tertiary/aromatic N) is 2. The number of hydrogen-bond acceptors (Lipinski definition) is 3. The second-order valence-corrected chi connectivity index (χ2v) is 3.43. The summed E-state index contributed by atoms with van der Waals surface area (Å²) in [5.74, 6) is 0.0181. The van der Waals surface area contributed by atoms with Crippen molar-refractivity contribution in [2.75, 3.05) is 5.43 Å². The van der Waals surface area contributed by atoms with Gasteiger partial charge in [0.15, 0.2) is 5.84 Å². The first-order valence-electron chi connectivity index (χ1n) is 4.36. The third-order valence-electron chi connectivity index (χ3n) is 1.59. The summed E-state index contributed by atoms with van der Waals surface area (Å²) in [6.07, 6.45) is 0. The van der Waals surface area contributed by atoms with E-state index in [1.165, 1.54) is 0 Å². The average molecular weight is 226 g/mol. The standard InChI is InChI=1S/C9H12ClN5/c1-6(11)9(12)14-15-13-8-4-2-3-7(10)5-8/h2-6H,11H2,1H3,(H2,12,13,14)/t6-/m1/s1. The van der Waals surface area contributed by atoms with Crippen LogP contribution in [0.3, 0.4) is 0 Å². The maximum atomic E-state index is 7.30. The number of halogens is 1. The molecule has 0 unspecified atom stereocenters. The van der Waals surface area contributed by atoms with Crippen LogP contribution in [0.2, 0.25) is 5.02 Å². The minimum Gasteiger partial charge on any atom is -0.322 e. The number of benzene rings is 1. The van der Waals surface area contributed by atoms with Gasteiger partial charge in [-0.3, -0.25) is 10.8 Å². The van der Waals surface area contributed by atoms with E-state index in [4.69, 9.17) is 22.7 Å². The van der Waals surface area contributed by atoms with Gasteiger partial charge in [0.1, 0.15) is 0 Å². The molecule has 0 bridgehead atoms. The second kappa shape index (κ2) is 5.43. The van der Waals surface area contributed by atoms with Crippen LogP contribution in [0.15, 0.2) is 34.6 Å². The molecule has 0 heterocycles. The van der Waals surface area contributed by atoms with Gasteiger partial charge in [-0.1, -0.05) is 22.9 Å². The van der Waals surface area contributed by atoms with Gasteiger partial charge in [-0.25, -0.2) is 0 Å². The van der Waals surface area contributed by atoms with E-state index in [2.05, 4.69) is 15.8 Å². The summed E-state index contributed by atoms with van der Waals surface area (Å²) in [5.41, 5.74) is 8.77. The van der Waals surface area contributed by atoms with E-state index in [9.17, 15) is 0 Å². The molecule has 1 rings (SSSR count). The Kier molecular flexibility index (Phi) is 4.20. The molecular formula is C9H12ClN5. The van der Waals surface area contributed by atoms with Crippen LogP contribution < -0.4 is 11.2 Å². The monoisotopic (exact) mass is 225 g/mol. The largest absolute Gasteiger partial charge is 0.322 e. The second-order valence-electron chi connectivity index (χ2n) is 3.00. The van der Waals surface area contributed by atoms with Crippen molar-refractivity contribution in [3.63, 3.8) is 0 Å². The molecule has 0 saturated heterocycles. The predicted octanol–water partition coefficient (Wildman–Crippen LogP) is 2.44. The Balaban J connectivity index is 2.54. The Morgan fingerprint density at radius 3 is 2.93 bits per heavy atom. The molecule has 4 N–H and O–H groups in total. The molecule has 0 aliphatic heterocycles. The Bertz CT molecular complexity index is 375. The zero-order valence-corrected chi connectivity index (χ0v) is 8.99. The number of anilines is 1. The first-order chi connectivity index (χ1) is 7.09. The van der Waals surface area contributed by atoms with Crippen LogP contribution in [0.25, 0.3) is 0 Å². The fourth-order valence-corrected chi connectivity index (χ4v) is 0.976. The third kappa shape index (κ3) is 4.05. The fourth-order valence-electron chi connectivity index (χ4n) is 0.786. The summed E-state index contributed by atoms with van der Waals surface area (Å²) in [5, 5.41) is 15.1. The Labute approximate surface area is 92.8 Å². The molecule has 0 amide bonds. The third-order valence-corrected chi connectivity index (χ3v) is 1.83. The van der Waals surface area contributed by atoms with Gasteiger partial charge in [0.25, 0.3) is 0 Å². The van der Waals surface area contributed by atoms with Crippen molar-refractivity contribution in [1.29, 1.82) is 5.41 Å². The number of nitrogens with two attached hydrogens (primary N) is 1. The molecule has 0 aromatic heterocycles. The lowest BCUT2D eigenvalue weighted by Gasteiger charge is -2.01. The van der Waals surface area contributed by atoms with Crippen LogP contribution in [-0.4, -0.2) is 11.9 Å². The van der Waals surface area contributed by atoms with Gasteiger partial charge < -0.3 is 5.73 Å². The normalized spacial score (nSPS) is 12.7. The molecule has 0 aliphatic carbocycles. The smallest absolute Gasteiger partial charge is 0.161 e.